The molecule has 1 aliphatic carbocycles. The van der Waals surface area contributed by atoms with Gasteiger partial charge in [-0.15, -0.1) is 0 Å². The van der Waals surface area contributed by atoms with Crippen molar-refractivity contribution >= 4 is 15.9 Å². The van der Waals surface area contributed by atoms with Crippen molar-refractivity contribution in [2.75, 3.05) is 13.2 Å². The van der Waals surface area contributed by atoms with Gasteiger partial charge >= 0.3 is 0 Å². The lowest BCUT2D eigenvalue weighted by Gasteiger charge is -2.30. The molecule has 1 unspecified atom stereocenters. The molecule has 2 atom stereocenters. The van der Waals surface area contributed by atoms with E-state index in [2.05, 4.69) is 22.9 Å². The van der Waals surface area contributed by atoms with E-state index in [4.69, 9.17) is 9.47 Å². The number of ether oxygens (including phenoxy) is 2. The molecule has 0 radical (unpaired) electrons. The molecule has 3 nitrogen and oxygen atoms in total. The van der Waals surface area contributed by atoms with Crippen LogP contribution in [0, 0.1) is 0 Å². The molecule has 19 heavy (non-hydrogen) atoms. The first kappa shape index (κ1) is 14.7. The van der Waals surface area contributed by atoms with Gasteiger partial charge in [-0.2, -0.15) is 0 Å². The summed E-state index contributed by atoms with van der Waals surface area (Å²) in [6, 6.07) is 1.96. The van der Waals surface area contributed by atoms with E-state index < -0.39 is 6.10 Å². The zero-order chi connectivity index (χ0) is 14.0. The van der Waals surface area contributed by atoms with Crippen LogP contribution in [0.15, 0.2) is 10.5 Å². The Morgan fingerprint density at radius 2 is 1.89 bits per heavy atom. The molecular weight excluding hydrogens is 308 g/mol. The summed E-state index contributed by atoms with van der Waals surface area (Å²) in [5.41, 5.74) is 2.06. The van der Waals surface area contributed by atoms with E-state index in [1.807, 2.05) is 19.9 Å². The van der Waals surface area contributed by atoms with Crippen molar-refractivity contribution in [1.82, 2.24) is 0 Å². The maximum Gasteiger partial charge on any atom is 0.167 e. The van der Waals surface area contributed by atoms with Gasteiger partial charge in [0.05, 0.1) is 19.3 Å². The van der Waals surface area contributed by atoms with Crippen LogP contribution in [0.4, 0.5) is 0 Å². The van der Waals surface area contributed by atoms with Crippen molar-refractivity contribution in [3.05, 3.63) is 21.7 Å². The van der Waals surface area contributed by atoms with Gasteiger partial charge < -0.3 is 14.6 Å². The summed E-state index contributed by atoms with van der Waals surface area (Å²) in [6.45, 7) is 7.22. The molecule has 1 aliphatic rings. The molecule has 0 spiro atoms. The maximum atomic E-state index is 10.3. The minimum absolute atomic E-state index is 0.419. The largest absolute Gasteiger partial charge is 0.490 e. The molecule has 2 rings (SSSR count). The summed E-state index contributed by atoms with van der Waals surface area (Å²) in [6.07, 6.45) is 1.30. The fourth-order valence-electron chi connectivity index (χ4n) is 2.73. The number of aliphatic hydroxyl groups is 1. The Balaban J connectivity index is 2.62. The summed E-state index contributed by atoms with van der Waals surface area (Å²) in [7, 11) is 0. The summed E-state index contributed by atoms with van der Waals surface area (Å²) in [5, 5.41) is 10.3. The Morgan fingerprint density at radius 1 is 1.21 bits per heavy atom. The monoisotopic (exact) mass is 328 g/mol. The summed E-state index contributed by atoms with van der Waals surface area (Å²) in [4.78, 5) is 0. The highest BCUT2D eigenvalue weighted by atomic mass is 79.9. The van der Waals surface area contributed by atoms with Gasteiger partial charge in [-0.1, -0.05) is 22.9 Å². The lowest BCUT2D eigenvalue weighted by atomic mass is 9.81. The standard InChI is InChI=1S/C15H21BrO3/c1-4-18-12-8-10(16)13-9(3)6-7-11(17)14(13)15(12)19-5-2/h8-9,11,17H,4-7H2,1-3H3/t9?,11-/m0/s1. The van der Waals surface area contributed by atoms with Gasteiger partial charge in [0.15, 0.2) is 11.5 Å². The van der Waals surface area contributed by atoms with E-state index in [0.29, 0.717) is 30.6 Å². The minimum atomic E-state index is -0.468. The molecule has 0 bridgehead atoms. The number of fused-ring (bicyclic) bond motifs is 1. The van der Waals surface area contributed by atoms with Gasteiger partial charge in [-0.3, -0.25) is 0 Å². The van der Waals surface area contributed by atoms with E-state index in [1.54, 1.807) is 0 Å². The van der Waals surface area contributed by atoms with E-state index in [0.717, 1.165) is 28.4 Å². The topological polar surface area (TPSA) is 38.7 Å². The average Bonchev–Trinajstić information content (AvgIpc) is 2.37. The first-order valence-corrected chi connectivity index (χ1v) is 7.69. The van der Waals surface area contributed by atoms with Crippen LogP contribution in [0.2, 0.25) is 0 Å². The summed E-state index contributed by atoms with van der Waals surface area (Å²) < 4.78 is 12.4. The number of hydrogen-bond donors (Lipinski definition) is 1. The molecule has 0 saturated heterocycles. The Morgan fingerprint density at radius 3 is 2.53 bits per heavy atom. The molecule has 4 heteroatoms. The van der Waals surface area contributed by atoms with Gasteiger partial charge in [0.1, 0.15) is 0 Å². The number of rotatable bonds is 4. The van der Waals surface area contributed by atoms with Crippen LogP contribution in [-0.4, -0.2) is 18.3 Å². The van der Waals surface area contributed by atoms with Crippen molar-refractivity contribution in [3.63, 3.8) is 0 Å². The Bertz CT molecular complexity index is 459. The van der Waals surface area contributed by atoms with Crippen LogP contribution < -0.4 is 9.47 Å². The second-order valence-electron chi connectivity index (χ2n) is 4.87. The summed E-state index contributed by atoms with van der Waals surface area (Å²) in [5.74, 6) is 1.84. The van der Waals surface area contributed by atoms with Crippen LogP contribution in [0.25, 0.3) is 0 Å². The van der Waals surface area contributed by atoms with Crippen molar-refractivity contribution in [2.45, 2.75) is 45.6 Å². The molecule has 0 heterocycles. The minimum Gasteiger partial charge on any atom is -0.490 e. The van der Waals surface area contributed by atoms with Gasteiger partial charge in [-0.05, 0) is 44.2 Å². The zero-order valence-electron chi connectivity index (χ0n) is 11.7. The average molecular weight is 329 g/mol. The molecule has 1 aromatic carbocycles. The molecule has 1 aromatic rings. The fourth-order valence-corrected chi connectivity index (χ4v) is 3.54. The molecule has 106 valence electrons. The highest BCUT2D eigenvalue weighted by molar-refractivity contribution is 9.10. The second-order valence-corrected chi connectivity index (χ2v) is 5.73. The van der Waals surface area contributed by atoms with Crippen LogP contribution in [0.3, 0.4) is 0 Å². The number of hydrogen-bond acceptors (Lipinski definition) is 3. The molecule has 1 N–H and O–H groups in total. The van der Waals surface area contributed by atoms with Crippen LogP contribution in [0.5, 0.6) is 11.5 Å². The fraction of sp³-hybridized carbons (Fsp3) is 0.600. The van der Waals surface area contributed by atoms with Crippen molar-refractivity contribution < 1.29 is 14.6 Å². The highest BCUT2D eigenvalue weighted by Gasteiger charge is 2.31. The highest BCUT2D eigenvalue weighted by Crippen LogP contribution is 2.49. The molecule has 0 aliphatic heterocycles. The van der Waals surface area contributed by atoms with Crippen molar-refractivity contribution in [2.24, 2.45) is 0 Å². The van der Waals surface area contributed by atoms with Crippen LogP contribution in [-0.2, 0) is 0 Å². The van der Waals surface area contributed by atoms with Crippen molar-refractivity contribution in [1.29, 1.82) is 0 Å². The van der Waals surface area contributed by atoms with Gasteiger partial charge in [-0.25, -0.2) is 0 Å². The molecule has 0 fully saturated rings. The van der Waals surface area contributed by atoms with Gasteiger partial charge in [0, 0.05) is 10.0 Å². The predicted molar refractivity (Wildman–Crippen MR) is 79.1 cm³/mol. The first-order valence-electron chi connectivity index (χ1n) is 6.90. The molecular formula is C15H21BrO3. The predicted octanol–water partition coefficient (Wildman–Crippen LogP) is 4.18. The zero-order valence-corrected chi connectivity index (χ0v) is 13.3. The Kier molecular flexibility index (Phi) is 4.74. The third-order valence-corrected chi connectivity index (χ3v) is 4.22. The number of benzene rings is 1. The lowest BCUT2D eigenvalue weighted by Crippen LogP contribution is -2.16. The Labute approximate surface area is 123 Å². The third kappa shape index (κ3) is 2.75. The quantitative estimate of drug-likeness (QED) is 0.901. The molecule has 0 amide bonds. The van der Waals surface area contributed by atoms with Crippen LogP contribution in [0.1, 0.15) is 56.8 Å². The molecule has 0 aromatic heterocycles. The van der Waals surface area contributed by atoms with E-state index in [-0.39, 0.29) is 0 Å². The Hall–Kier alpha value is -0.740. The molecule has 0 saturated carbocycles. The van der Waals surface area contributed by atoms with E-state index >= 15 is 0 Å². The van der Waals surface area contributed by atoms with Gasteiger partial charge in [0.25, 0.3) is 0 Å². The summed E-state index contributed by atoms with van der Waals surface area (Å²) >= 11 is 3.61. The van der Waals surface area contributed by atoms with Crippen molar-refractivity contribution in [3.8, 4) is 11.5 Å². The normalized spacial score (nSPS) is 21.9. The SMILES string of the molecule is CCOc1cc(Br)c2c(c1OCC)[C@@H](O)CCC2C. The van der Waals surface area contributed by atoms with Crippen LogP contribution >= 0.6 is 15.9 Å². The van der Waals surface area contributed by atoms with Gasteiger partial charge in [0.2, 0.25) is 0 Å². The third-order valence-electron chi connectivity index (χ3n) is 3.56. The smallest absolute Gasteiger partial charge is 0.167 e. The maximum absolute atomic E-state index is 10.3. The first-order chi connectivity index (χ1) is 9.10. The second kappa shape index (κ2) is 6.14. The van der Waals surface area contributed by atoms with E-state index in [9.17, 15) is 5.11 Å². The lowest BCUT2D eigenvalue weighted by molar-refractivity contribution is 0.144. The number of aliphatic hydroxyl groups excluding tert-OH is 1. The van der Waals surface area contributed by atoms with E-state index in [1.165, 1.54) is 0 Å². The number of halogens is 1.